The molecule has 1 heterocycles. The van der Waals surface area contributed by atoms with Crippen molar-refractivity contribution in [2.75, 3.05) is 18.5 Å². The first-order valence-electron chi connectivity index (χ1n) is 7.25. The highest BCUT2D eigenvalue weighted by atomic mass is 16.5. The van der Waals surface area contributed by atoms with E-state index in [9.17, 15) is 0 Å². The molecular formula is C15H22N4O. The number of anilines is 1. The zero-order valence-corrected chi connectivity index (χ0v) is 11.7. The number of nitrogens with zero attached hydrogens (tertiary/aromatic N) is 2. The molecule has 0 radical (unpaired) electrons. The van der Waals surface area contributed by atoms with E-state index in [2.05, 4.69) is 16.4 Å². The zero-order chi connectivity index (χ0) is 14.2. The lowest BCUT2D eigenvalue weighted by molar-refractivity contribution is 0.0251. The van der Waals surface area contributed by atoms with Gasteiger partial charge in [0.05, 0.1) is 17.7 Å². The van der Waals surface area contributed by atoms with E-state index in [0.717, 1.165) is 51.1 Å². The zero-order valence-electron chi connectivity index (χ0n) is 11.7. The highest BCUT2D eigenvalue weighted by Crippen LogP contribution is 2.19. The molecule has 1 aromatic heterocycles. The highest BCUT2D eigenvalue weighted by molar-refractivity contribution is 5.42. The number of aromatic nitrogens is 1. The topological polar surface area (TPSA) is 84.0 Å². The third-order valence-electron chi connectivity index (χ3n) is 3.59. The molecule has 0 amide bonds. The summed E-state index contributed by atoms with van der Waals surface area (Å²) in [6, 6.07) is 5.92. The molecule has 0 aromatic carbocycles. The average molecular weight is 274 g/mol. The van der Waals surface area contributed by atoms with Gasteiger partial charge in [-0.25, -0.2) is 4.98 Å². The molecule has 0 spiro atoms. The lowest BCUT2D eigenvalue weighted by Crippen LogP contribution is -2.30. The summed E-state index contributed by atoms with van der Waals surface area (Å²) in [5.41, 5.74) is 6.49. The van der Waals surface area contributed by atoms with Crippen LogP contribution in [0.25, 0.3) is 0 Å². The fourth-order valence-electron chi connectivity index (χ4n) is 2.39. The third-order valence-corrected chi connectivity index (χ3v) is 3.59. The van der Waals surface area contributed by atoms with Gasteiger partial charge in [-0.3, -0.25) is 0 Å². The van der Waals surface area contributed by atoms with Gasteiger partial charge in [-0.15, -0.1) is 0 Å². The first-order chi connectivity index (χ1) is 9.78. The SMILES string of the molecule is N#Cc1ccnc(NCCCOC2CCC(N)CC2)c1. The van der Waals surface area contributed by atoms with Crippen LogP contribution in [0.3, 0.4) is 0 Å². The predicted octanol–water partition coefficient (Wildman–Crippen LogP) is 2.04. The van der Waals surface area contributed by atoms with Gasteiger partial charge >= 0.3 is 0 Å². The first kappa shape index (κ1) is 14.8. The number of hydrogen-bond donors (Lipinski definition) is 2. The van der Waals surface area contributed by atoms with Crippen LogP contribution in [0.15, 0.2) is 18.3 Å². The van der Waals surface area contributed by atoms with Crippen LogP contribution >= 0.6 is 0 Å². The van der Waals surface area contributed by atoms with Gasteiger partial charge in [0.25, 0.3) is 0 Å². The molecule has 20 heavy (non-hydrogen) atoms. The summed E-state index contributed by atoms with van der Waals surface area (Å²) >= 11 is 0. The molecule has 0 unspecified atom stereocenters. The molecule has 0 atom stereocenters. The molecule has 0 aliphatic heterocycles. The van der Waals surface area contributed by atoms with E-state index in [1.807, 2.05) is 0 Å². The largest absolute Gasteiger partial charge is 0.378 e. The van der Waals surface area contributed by atoms with Crippen molar-refractivity contribution in [2.45, 2.75) is 44.2 Å². The van der Waals surface area contributed by atoms with Gasteiger partial charge in [0.1, 0.15) is 5.82 Å². The molecular weight excluding hydrogens is 252 g/mol. The lowest BCUT2D eigenvalue weighted by Gasteiger charge is -2.26. The number of nitrogens with two attached hydrogens (primary N) is 1. The van der Waals surface area contributed by atoms with Crippen LogP contribution < -0.4 is 11.1 Å². The van der Waals surface area contributed by atoms with Crippen LogP contribution in [-0.4, -0.2) is 30.3 Å². The monoisotopic (exact) mass is 274 g/mol. The Kier molecular flexibility index (Phi) is 5.78. The van der Waals surface area contributed by atoms with Crippen LogP contribution in [0.5, 0.6) is 0 Å². The quantitative estimate of drug-likeness (QED) is 0.775. The van der Waals surface area contributed by atoms with Gasteiger partial charge < -0.3 is 15.8 Å². The van der Waals surface area contributed by atoms with Crippen molar-refractivity contribution >= 4 is 5.82 Å². The summed E-state index contributed by atoms with van der Waals surface area (Å²) in [6.45, 7) is 1.55. The Morgan fingerprint density at radius 1 is 1.40 bits per heavy atom. The van der Waals surface area contributed by atoms with Crippen molar-refractivity contribution in [3.63, 3.8) is 0 Å². The molecule has 1 aliphatic rings. The van der Waals surface area contributed by atoms with Crippen LogP contribution in [0.4, 0.5) is 5.82 Å². The molecule has 5 heteroatoms. The Hall–Kier alpha value is -1.64. The minimum Gasteiger partial charge on any atom is -0.378 e. The van der Waals surface area contributed by atoms with Gasteiger partial charge in [-0.2, -0.15) is 5.26 Å². The van der Waals surface area contributed by atoms with E-state index in [-0.39, 0.29) is 0 Å². The van der Waals surface area contributed by atoms with Crippen molar-refractivity contribution in [1.82, 2.24) is 4.98 Å². The Bertz CT molecular complexity index is 449. The van der Waals surface area contributed by atoms with E-state index in [0.29, 0.717) is 17.7 Å². The Morgan fingerprint density at radius 2 is 2.20 bits per heavy atom. The van der Waals surface area contributed by atoms with Crippen LogP contribution in [0.2, 0.25) is 0 Å². The van der Waals surface area contributed by atoms with Crippen molar-refractivity contribution in [3.8, 4) is 6.07 Å². The Balaban J connectivity index is 1.58. The van der Waals surface area contributed by atoms with E-state index in [1.165, 1.54) is 0 Å². The van der Waals surface area contributed by atoms with Crippen molar-refractivity contribution in [2.24, 2.45) is 5.73 Å². The van der Waals surface area contributed by atoms with Gasteiger partial charge in [-0.05, 0) is 44.2 Å². The second-order valence-electron chi connectivity index (χ2n) is 5.23. The molecule has 1 saturated carbocycles. The van der Waals surface area contributed by atoms with Crippen LogP contribution in [-0.2, 0) is 4.74 Å². The second kappa shape index (κ2) is 7.83. The van der Waals surface area contributed by atoms with Crippen molar-refractivity contribution < 1.29 is 4.74 Å². The number of nitrogens with one attached hydrogen (secondary N) is 1. The third kappa shape index (κ3) is 4.80. The summed E-state index contributed by atoms with van der Waals surface area (Å²) in [5.74, 6) is 0.743. The molecule has 0 bridgehead atoms. The smallest absolute Gasteiger partial charge is 0.127 e. The molecule has 2 rings (SSSR count). The van der Waals surface area contributed by atoms with E-state index in [4.69, 9.17) is 15.7 Å². The van der Waals surface area contributed by atoms with Crippen LogP contribution in [0.1, 0.15) is 37.7 Å². The summed E-state index contributed by atoms with van der Waals surface area (Å²) in [6.07, 6.45) is 7.28. The van der Waals surface area contributed by atoms with E-state index >= 15 is 0 Å². The van der Waals surface area contributed by atoms with E-state index in [1.54, 1.807) is 18.3 Å². The molecule has 108 valence electrons. The standard InChI is InChI=1S/C15H22N4O/c16-11-12-6-8-19-15(10-12)18-7-1-9-20-14-4-2-13(17)3-5-14/h6,8,10,13-14H,1-5,7,9,17H2,(H,18,19). The Labute approximate surface area is 120 Å². The molecule has 3 N–H and O–H groups in total. The maximum absolute atomic E-state index is 8.80. The molecule has 1 aliphatic carbocycles. The minimum atomic E-state index is 0.370. The number of hydrogen-bond acceptors (Lipinski definition) is 5. The number of nitriles is 1. The van der Waals surface area contributed by atoms with Crippen LogP contribution in [0, 0.1) is 11.3 Å². The fourth-order valence-corrected chi connectivity index (χ4v) is 2.39. The molecule has 1 aromatic rings. The number of ether oxygens (including phenoxy) is 1. The maximum Gasteiger partial charge on any atom is 0.127 e. The summed E-state index contributed by atoms with van der Waals surface area (Å²) in [4.78, 5) is 4.17. The molecule has 1 fully saturated rings. The molecule has 5 nitrogen and oxygen atoms in total. The second-order valence-corrected chi connectivity index (χ2v) is 5.23. The van der Waals surface area contributed by atoms with E-state index < -0.39 is 0 Å². The predicted molar refractivity (Wildman–Crippen MR) is 78.2 cm³/mol. The summed E-state index contributed by atoms with van der Waals surface area (Å²) in [7, 11) is 0. The van der Waals surface area contributed by atoms with Gasteiger partial charge in [-0.1, -0.05) is 0 Å². The summed E-state index contributed by atoms with van der Waals surface area (Å²) < 4.78 is 5.85. The average Bonchev–Trinajstić information content (AvgIpc) is 2.49. The highest BCUT2D eigenvalue weighted by Gasteiger charge is 2.18. The normalized spacial score (nSPS) is 22.2. The van der Waals surface area contributed by atoms with Gasteiger partial charge in [0.2, 0.25) is 0 Å². The van der Waals surface area contributed by atoms with Gasteiger partial charge in [0, 0.05) is 25.4 Å². The first-order valence-corrected chi connectivity index (χ1v) is 7.25. The fraction of sp³-hybridized carbons (Fsp3) is 0.600. The minimum absolute atomic E-state index is 0.370. The van der Waals surface area contributed by atoms with Crippen molar-refractivity contribution in [1.29, 1.82) is 5.26 Å². The molecule has 0 saturated heterocycles. The van der Waals surface area contributed by atoms with Gasteiger partial charge in [0.15, 0.2) is 0 Å². The number of pyridine rings is 1. The number of rotatable bonds is 6. The summed E-state index contributed by atoms with van der Waals surface area (Å²) in [5, 5.41) is 12.0. The Morgan fingerprint density at radius 3 is 2.95 bits per heavy atom. The maximum atomic E-state index is 8.80. The lowest BCUT2D eigenvalue weighted by atomic mass is 9.94. The van der Waals surface area contributed by atoms with Crippen molar-refractivity contribution in [3.05, 3.63) is 23.9 Å².